The second kappa shape index (κ2) is 5.72. The maximum Gasteiger partial charge on any atom is 0.573 e. The van der Waals surface area contributed by atoms with Gasteiger partial charge in [0.1, 0.15) is 5.75 Å². The van der Waals surface area contributed by atoms with E-state index in [1.54, 1.807) is 65.5 Å². The molecule has 0 unspecified atom stereocenters. The summed E-state index contributed by atoms with van der Waals surface area (Å²) in [4.78, 5) is 0. The molecule has 0 atom stereocenters. The van der Waals surface area contributed by atoms with Gasteiger partial charge in [0.15, 0.2) is 0 Å². The van der Waals surface area contributed by atoms with Crippen molar-refractivity contribution in [3.8, 4) is 22.6 Å². The van der Waals surface area contributed by atoms with Crippen molar-refractivity contribution < 1.29 is 17.9 Å². The molecular weight excluding hydrogens is 305 g/mol. The first-order chi connectivity index (χ1) is 10.9. The summed E-state index contributed by atoms with van der Waals surface area (Å²) in [6.45, 7) is 0. The fraction of sp³-hybridized carbons (Fsp3) is 0.0588. The SMILES string of the molecule is Nc1cc(OC(F)(F)F)c(-c2ccccc2)c(-n2cccc2)c1. The van der Waals surface area contributed by atoms with Gasteiger partial charge in [-0.2, -0.15) is 0 Å². The molecule has 0 saturated heterocycles. The molecule has 0 amide bonds. The summed E-state index contributed by atoms with van der Waals surface area (Å²) in [7, 11) is 0. The lowest BCUT2D eigenvalue weighted by atomic mass is 10.0. The smallest absolute Gasteiger partial charge is 0.405 e. The number of benzene rings is 2. The van der Waals surface area contributed by atoms with Crippen LogP contribution in [0.3, 0.4) is 0 Å². The number of anilines is 1. The first-order valence-electron chi connectivity index (χ1n) is 6.82. The monoisotopic (exact) mass is 318 g/mol. The van der Waals surface area contributed by atoms with Gasteiger partial charge in [0.25, 0.3) is 0 Å². The summed E-state index contributed by atoms with van der Waals surface area (Å²) in [5.41, 5.74) is 7.41. The zero-order valence-corrected chi connectivity index (χ0v) is 11.9. The third-order valence-electron chi connectivity index (χ3n) is 3.27. The van der Waals surface area contributed by atoms with Crippen LogP contribution in [0.25, 0.3) is 16.8 Å². The maximum atomic E-state index is 12.8. The molecule has 2 aromatic carbocycles. The van der Waals surface area contributed by atoms with E-state index in [4.69, 9.17) is 5.73 Å². The molecule has 0 aliphatic heterocycles. The Labute approximate surface area is 130 Å². The molecule has 0 spiro atoms. The highest BCUT2D eigenvalue weighted by Gasteiger charge is 2.33. The van der Waals surface area contributed by atoms with E-state index in [2.05, 4.69) is 4.74 Å². The summed E-state index contributed by atoms with van der Waals surface area (Å²) in [5.74, 6) is -0.326. The van der Waals surface area contributed by atoms with Crippen molar-refractivity contribution in [3.05, 3.63) is 67.0 Å². The molecule has 0 aliphatic carbocycles. The van der Waals surface area contributed by atoms with Crippen LogP contribution in [-0.2, 0) is 0 Å². The standard InChI is InChI=1S/C17H13F3N2O/c18-17(19,20)23-15-11-13(21)10-14(22-8-4-5-9-22)16(15)12-6-2-1-3-7-12/h1-11H,21H2. The number of hydrogen-bond acceptors (Lipinski definition) is 2. The minimum atomic E-state index is -4.80. The molecule has 118 valence electrons. The van der Waals surface area contributed by atoms with E-state index in [9.17, 15) is 13.2 Å². The molecule has 3 rings (SSSR count). The van der Waals surface area contributed by atoms with E-state index >= 15 is 0 Å². The van der Waals surface area contributed by atoms with Crippen molar-refractivity contribution in [2.24, 2.45) is 0 Å². The predicted octanol–water partition coefficient (Wildman–Crippen LogP) is 4.63. The van der Waals surface area contributed by atoms with Gasteiger partial charge in [0, 0.05) is 29.7 Å². The molecular formula is C17H13F3N2O. The van der Waals surface area contributed by atoms with Gasteiger partial charge in [-0.05, 0) is 23.8 Å². The predicted molar refractivity (Wildman–Crippen MR) is 82.3 cm³/mol. The molecule has 0 radical (unpaired) electrons. The van der Waals surface area contributed by atoms with Gasteiger partial charge in [-0.15, -0.1) is 13.2 Å². The summed E-state index contributed by atoms with van der Waals surface area (Å²) in [6, 6.07) is 15.1. The molecule has 1 heterocycles. The van der Waals surface area contributed by atoms with Crippen molar-refractivity contribution in [3.63, 3.8) is 0 Å². The third-order valence-corrected chi connectivity index (χ3v) is 3.27. The number of ether oxygens (including phenoxy) is 1. The van der Waals surface area contributed by atoms with Gasteiger partial charge < -0.3 is 15.0 Å². The zero-order valence-electron chi connectivity index (χ0n) is 11.9. The van der Waals surface area contributed by atoms with E-state index in [0.717, 1.165) is 0 Å². The van der Waals surface area contributed by atoms with E-state index in [1.807, 2.05) is 0 Å². The first-order valence-corrected chi connectivity index (χ1v) is 6.82. The Morgan fingerprint density at radius 1 is 0.913 bits per heavy atom. The van der Waals surface area contributed by atoms with Crippen LogP contribution in [-0.4, -0.2) is 10.9 Å². The van der Waals surface area contributed by atoms with Crippen molar-refractivity contribution in [1.82, 2.24) is 4.57 Å². The number of rotatable bonds is 3. The van der Waals surface area contributed by atoms with Crippen LogP contribution >= 0.6 is 0 Å². The van der Waals surface area contributed by atoms with Gasteiger partial charge in [0.05, 0.1) is 5.69 Å². The van der Waals surface area contributed by atoms with Crippen molar-refractivity contribution in [2.45, 2.75) is 6.36 Å². The average Bonchev–Trinajstić information content (AvgIpc) is 3.00. The molecule has 3 aromatic rings. The highest BCUT2D eigenvalue weighted by Crippen LogP contribution is 2.40. The topological polar surface area (TPSA) is 40.2 Å². The third kappa shape index (κ3) is 3.31. The summed E-state index contributed by atoms with van der Waals surface area (Å²) < 4.78 is 44.2. The Morgan fingerprint density at radius 3 is 2.17 bits per heavy atom. The van der Waals surface area contributed by atoms with Gasteiger partial charge in [-0.25, -0.2) is 0 Å². The molecule has 3 nitrogen and oxygen atoms in total. The van der Waals surface area contributed by atoms with Crippen molar-refractivity contribution in [1.29, 1.82) is 0 Å². The molecule has 2 N–H and O–H groups in total. The van der Waals surface area contributed by atoms with Gasteiger partial charge in [0.2, 0.25) is 0 Å². The van der Waals surface area contributed by atoms with Gasteiger partial charge in [-0.3, -0.25) is 0 Å². The van der Waals surface area contributed by atoms with Gasteiger partial charge >= 0.3 is 6.36 Å². The normalized spacial score (nSPS) is 11.4. The number of nitrogen functional groups attached to an aromatic ring is 1. The zero-order chi connectivity index (χ0) is 16.4. The summed E-state index contributed by atoms with van der Waals surface area (Å²) in [5, 5.41) is 0. The van der Waals surface area contributed by atoms with Crippen LogP contribution in [0.5, 0.6) is 5.75 Å². The van der Waals surface area contributed by atoms with Crippen LogP contribution < -0.4 is 10.5 Å². The van der Waals surface area contributed by atoms with Crippen LogP contribution in [0.1, 0.15) is 0 Å². The van der Waals surface area contributed by atoms with E-state index in [0.29, 0.717) is 16.8 Å². The maximum absolute atomic E-state index is 12.8. The Hall–Kier alpha value is -2.89. The highest BCUT2D eigenvalue weighted by atomic mass is 19.4. The molecule has 1 aromatic heterocycles. The Bertz CT molecular complexity index is 797. The van der Waals surface area contributed by atoms with E-state index in [-0.39, 0.29) is 11.4 Å². The highest BCUT2D eigenvalue weighted by molar-refractivity contribution is 5.82. The van der Waals surface area contributed by atoms with Crippen molar-refractivity contribution in [2.75, 3.05) is 5.73 Å². The number of alkyl halides is 3. The number of hydrogen-bond donors (Lipinski definition) is 1. The quantitative estimate of drug-likeness (QED) is 0.716. The fourth-order valence-corrected chi connectivity index (χ4v) is 2.42. The van der Waals surface area contributed by atoms with E-state index in [1.165, 1.54) is 6.07 Å². The largest absolute Gasteiger partial charge is 0.573 e. The minimum Gasteiger partial charge on any atom is -0.405 e. The lowest BCUT2D eigenvalue weighted by Crippen LogP contribution is -2.18. The molecule has 23 heavy (non-hydrogen) atoms. The second-order valence-electron chi connectivity index (χ2n) is 4.92. The lowest BCUT2D eigenvalue weighted by molar-refractivity contribution is -0.274. The number of nitrogens with zero attached hydrogens (tertiary/aromatic N) is 1. The lowest BCUT2D eigenvalue weighted by Gasteiger charge is -2.18. The van der Waals surface area contributed by atoms with Crippen LogP contribution in [0.4, 0.5) is 18.9 Å². The molecule has 0 saturated carbocycles. The number of aromatic nitrogens is 1. The van der Waals surface area contributed by atoms with Crippen LogP contribution in [0.15, 0.2) is 67.0 Å². The summed E-state index contributed by atoms with van der Waals surface area (Å²) in [6.07, 6.45) is -1.33. The first kappa shape index (κ1) is 15.0. The average molecular weight is 318 g/mol. The minimum absolute atomic E-state index is 0.188. The Balaban J connectivity index is 2.27. The van der Waals surface area contributed by atoms with Crippen LogP contribution in [0, 0.1) is 0 Å². The molecule has 0 bridgehead atoms. The Kier molecular flexibility index (Phi) is 3.73. The molecule has 0 fully saturated rings. The van der Waals surface area contributed by atoms with Crippen LogP contribution in [0.2, 0.25) is 0 Å². The second-order valence-corrected chi connectivity index (χ2v) is 4.92. The summed E-state index contributed by atoms with van der Waals surface area (Å²) >= 11 is 0. The molecule has 6 heteroatoms. The van der Waals surface area contributed by atoms with Gasteiger partial charge in [-0.1, -0.05) is 30.3 Å². The fourth-order valence-electron chi connectivity index (χ4n) is 2.42. The van der Waals surface area contributed by atoms with Crippen molar-refractivity contribution >= 4 is 5.69 Å². The number of nitrogens with two attached hydrogens (primary N) is 1. The number of halogens is 3. The Morgan fingerprint density at radius 2 is 1.57 bits per heavy atom. The molecule has 0 aliphatic rings. The van der Waals surface area contributed by atoms with E-state index < -0.39 is 6.36 Å².